The maximum atomic E-state index is 12.7. The van der Waals surface area contributed by atoms with E-state index in [1.54, 1.807) is 31.2 Å². The first kappa shape index (κ1) is 36.0. The third-order valence-electron chi connectivity index (χ3n) is 7.60. The minimum Gasteiger partial charge on any atom is -0.486 e. The first-order valence-corrected chi connectivity index (χ1v) is 16.6. The number of aryl methyl sites for hydroxylation is 1. The summed E-state index contributed by atoms with van der Waals surface area (Å²) in [6.45, 7) is 8.83. The fraction of sp³-hybridized carbons (Fsp3) is 0.333. The van der Waals surface area contributed by atoms with Crippen LogP contribution in [0.1, 0.15) is 67.1 Å². The number of benzene rings is 4. The number of likely N-dealkylation sites (N-methyl/N-ethyl adjacent to an activating group) is 1. The molecule has 0 aromatic heterocycles. The van der Waals surface area contributed by atoms with E-state index in [9.17, 15) is 9.59 Å². The van der Waals surface area contributed by atoms with Crippen LogP contribution in [-0.2, 0) is 16.0 Å². The van der Waals surface area contributed by atoms with Gasteiger partial charge in [0.2, 0.25) is 5.78 Å². The number of hydrogen-bond donors (Lipinski definition) is 0. The molecular formula is C39H43Cl2NO5. The number of ether oxygens (including phenoxy) is 3. The van der Waals surface area contributed by atoms with Crippen molar-refractivity contribution in [3.05, 3.63) is 129 Å². The summed E-state index contributed by atoms with van der Waals surface area (Å²) in [7, 11) is 2.15. The van der Waals surface area contributed by atoms with Gasteiger partial charge in [-0.25, -0.2) is 4.79 Å². The lowest BCUT2D eigenvalue weighted by atomic mass is 9.91. The van der Waals surface area contributed by atoms with Crippen molar-refractivity contribution in [2.24, 2.45) is 0 Å². The number of hydrogen-bond acceptors (Lipinski definition) is 6. The number of halogens is 2. The zero-order chi connectivity index (χ0) is 34.0. The van der Waals surface area contributed by atoms with Crippen LogP contribution in [0.4, 0.5) is 0 Å². The quantitative estimate of drug-likeness (QED) is 0.117. The number of Topliss-reactive ketones (excluding diaryl/α,β-unsaturated/α-hetero) is 1. The van der Waals surface area contributed by atoms with E-state index < -0.39 is 17.7 Å². The van der Waals surface area contributed by atoms with Gasteiger partial charge in [-0.15, -0.1) is 0 Å². The minimum absolute atomic E-state index is 0.107. The van der Waals surface area contributed by atoms with Crippen molar-refractivity contribution in [2.75, 3.05) is 26.7 Å². The number of esters is 1. The van der Waals surface area contributed by atoms with Crippen LogP contribution in [0.25, 0.3) is 0 Å². The summed E-state index contributed by atoms with van der Waals surface area (Å²) in [5.41, 5.74) is 3.48. The number of nitrogens with zero attached hydrogens (tertiary/aromatic N) is 1. The Bertz CT molecular complexity index is 1540. The average Bonchev–Trinajstić information content (AvgIpc) is 3.03. The molecular weight excluding hydrogens is 633 g/mol. The van der Waals surface area contributed by atoms with Crippen LogP contribution in [0, 0.1) is 0 Å². The molecule has 0 saturated carbocycles. The molecule has 0 aliphatic heterocycles. The second-order valence-corrected chi connectivity index (χ2v) is 13.6. The Labute approximate surface area is 288 Å². The highest BCUT2D eigenvalue weighted by atomic mass is 35.5. The van der Waals surface area contributed by atoms with Gasteiger partial charge in [-0.05, 0) is 131 Å². The molecule has 0 radical (unpaired) electrons. The fourth-order valence-corrected chi connectivity index (χ4v) is 5.30. The number of carbonyl (C=O) groups is 2. The van der Waals surface area contributed by atoms with E-state index in [4.69, 9.17) is 37.4 Å². The van der Waals surface area contributed by atoms with Crippen molar-refractivity contribution >= 4 is 35.0 Å². The summed E-state index contributed by atoms with van der Waals surface area (Å²) in [5, 5.41) is 1.45. The summed E-state index contributed by atoms with van der Waals surface area (Å²) in [6, 6.07) is 30.5. The zero-order valence-corrected chi connectivity index (χ0v) is 29.2. The smallest absolute Gasteiger partial charge is 0.338 e. The normalized spacial score (nSPS) is 12.2. The largest absolute Gasteiger partial charge is 0.486 e. The van der Waals surface area contributed by atoms with Crippen LogP contribution >= 0.6 is 23.2 Å². The van der Waals surface area contributed by atoms with Gasteiger partial charge in [-0.1, -0.05) is 59.6 Å². The second-order valence-electron chi connectivity index (χ2n) is 12.7. The predicted octanol–water partition coefficient (Wildman–Crippen LogP) is 9.06. The van der Waals surface area contributed by atoms with Gasteiger partial charge in [0.05, 0.1) is 5.56 Å². The molecule has 248 valence electrons. The fourth-order valence-electron chi connectivity index (χ4n) is 5.05. The molecule has 0 bridgehead atoms. The van der Waals surface area contributed by atoms with Crippen molar-refractivity contribution in [1.29, 1.82) is 0 Å². The van der Waals surface area contributed by atoms with Gasteiger partial charge in [-0.3, -0.25) is 4.79 Å². The Morgan fingerprint density at radius 3 is 1.83 bits per heavy atom. The molecule has 0 saturated heterocycles. The molecule has 4 aromatic rings. The van der Waals surface area contributed by atoms with Crippen LogP contribution in [0.5, 0.6) is 11.5 Å². The van der Waals surface area contributed by atoms with Gasteiger partial charge < -0.3 is 19.1 Å². The molecule has 1 atom stereocenters. The molecule has 4 rings (SSSR count). The molecule has 0 N–H and O–H groups in total. The average molecular weight is 677 g/mol. The molecule has 4 aromatic carbocycles. The molecule has 0 fully saturated rings. The first-order valence-electron chi connectivity index (χ1n) is 15.8. The molecule has 0 aliphatic carbocycles. The topological polar surface area (TPSA) is 65.1 Å². The van der Waals surface area contributed by atoms with Gasteiger partial charge >= 0.3 is 5.97 Å². The third-order valence-corrected chi connectivity index (χ3v) is 8.11. The van der Waals surface area contributed by atoms with Crippen molar-refractivity contribution in [3.63, 3.8) is 0 Å². The summed E-state index contributed by atoms with van der Waals surface area (Å²) < 4.78 is 16.9. The number of rotatable bonds is 15. The Morgan fingerprint density at radius 2 is 1.30 bits per heavy atom. The molecule has 0 spiro atoms. The second kappa shape index (κ2) is 16.8. The summed E-state index contributed by atoms with van der Waals surface area (Å²) in [6.07, 6.45) is 1.21. The molecule has 0 aliphatic rings. The van der Waals surface area contributed by atoms with Crippen LogP contribution < -0.4 is 9.47 Å². The summed E-state index contributed by atoms with van der Waals surface area (Å²) in [5.74, 6) is 0.712. The van der Waals surface area contributed by atoms with Crippen LogP contribution in [0.15, 0.2) is 97.1 Å². The van der Waals surface area contributed by atoms with E-state index >= 15 is 0 Å². The van der Waals surface area contributed by atoms with Crippen LogP contribution in [-0.4, -0.2) is 55.1 Å². The van der Waals surface area contributed by atoms with Gasteiger partial charge in [0.25, 0.3) is 0 Å². The maximum absolute atomic E-state index is 12.7. The Morgan fingerprint density at radius 1 is 0.766 bits per heavy atom. The van der Waals surface area contributed by atoms with Gasteiger partial charge in [0.1, 0.15) is 17.1 Å². The van der Waals surface area contributed by atoms with E-state index in [1.165, 1.54) is 16.7 Å². The van der Waals surface area contributed by atoms with E-state index in [2.05, 4.69) is 36.2 Å². The lowest BCUT2D eigenvalue weighted by Crippen LogP contribution is -2.29. The van der Waals surface area contributed by atoms with Crippen molar-refractivity contribution < 1.29 is 23.8 Å². The molecule has 6 nitrogen and oxygen atoms in total. The molecule has 0 amide bonds. The Hall–Kier alpha value is -3.84. The SMILES string of the molecule is CC(Oc1ccc(C(=O)OC(C)(C)C)cc1)C(=O)COc1ccc(CCCN(C)CC(c2ccc(Cl)cc2)c2ccc(Cl)cc2)cc1. The van der Waals surface area contributed by atoms with E-state index in [0.717, 1.165) is 36.0 Å². The maximum Gasteiger partial charge on any atom is 0.338 e. The van der Waals surface area contributed by atoms with Gasteiger partial charge in [-0.2, -0.15) is 0 Å². The zero-order valence-electron chi connectivity index (χ0n) is 27.7. The van der Waals surface area contributed by atoms with Gasteiger partial charge in [0.15, 0.2) is 12.7 Å². The number of carbonyl (C=O) groups excluding carboxylic acids is 2. The van der Waals surface area contributed by atoms with E-state index in [-0.39, 0.29) is 18.3 Å². The highest BCUT2D eigenvalue weighted by Gasteiger charge is 2.20. The van der Waals surface area contributed by atoms with Crippen LogP contribution in [0.2, 0.25) is 10.0 Å². The Kier molecular flexibility index (Phi) is 12.9. The molecule has 8 heteroatoms. The summed E-state index contributed by atoms with van der Waals surface area (Å²) >= 11 is 12.3. The van der Waals surface area contributed by atoms with E-state index in [0.29, 0.717) is 17.1 Å². The molecule has 0 heterocycles. The highest BCUT2D eigenvalue weighted by Crippen LogP contribution is 2.28. The lowest BCUT2D eigenvalue weighted by molar-refractivity contribution is -0.127. The minimum atomic E-state index is -0.711. The predicted molar refractivity (Wildman–Crippen MR) is 189 cm³/mol. The van der Waals surface area contributed by atoms with Crippen molar-refractivity contribution in [3.8, 4) is 11.5 Å². The lowest BCUT2D eigenvalue weighted by Gasteiger charge is -2.25. The molecule has 47 heavy (non-hydrogen) atoms. The monoisotopic (exact) mass is 675 g/mol. The molecule has 1 unspecified atom stereocenters. The standard InChI is InChI=1S/C39H43Cl2NO5/c1-27(46-35-22-14-31(15-23-35)38(44)47-39(2,3)4)37(43)26-45-34-20-8-28(9-21-34)7-6-24-42(5)25-36(29-10-16-32(40)17-11-29)30-12-18-33(41)19-13-30/h8-23,27,36H,6-7,24-26H2,1-5H3. The summed E-state index contributed by atoms with van der Waals surface area (Å²) in [4.78, 5) is 27.2. The third kappa shape index (κ3) is 11.7. The van der Waals surface area contributed by atoms with Crippen molar-refractivity contribution in [1.82, 2.24) is 4.90 Å². The van der Waals surface area contributed by atoms with Crippen molar-refractivity contribution in [2.45, 2.75) is 58.2 Å². The van der Waals surface area contributed by atoms with E-state index in [1.807, 2.05) is 69.3 Å². The first-order chi connectivity index (χ1) is 22.4. The van der Waals surface area contributed by atoms with Gasteiger partial charge in [0, 0.05) is 22.5 Å². The number of ketones is 1. The highest BCUT2D eigenvalue weighted by molar-refractivity contribution is 6.30. The Balaban J connectivity index is 1.21. The van der Waals surface area contributed by atoms with Crippen LogP contribution in [0.3, 0.4) is 0 Å².